The molecule has 0 aliphatic carbocycles. The second-order valence-corrected chi connectivity index (χ2v) is 12.2. The lowest BCUT2D eigenvalue weighted by Gasteiger charge is -2.37. The molecule has 49 heavy (non-hydrogen) atoms. The quantitative estimate of drug-likeness (QED) is 0.0667. The third-order valence-corrected chi connectivity index (χ3v) is 9.01. The average Bonchev–Trinajstić information content (AvgIpc) is 3.42. The number of ether oxygens (including phenoxy) is 2. The van der Waals surface area contributed by atoms with Crippen molar-refractivity contribution in [1.82, 2.24) is 15.0 Å². The normalized spacial score (nSPS) is 11.2. The average molecular weight is 672 g/mol. The Hall–Kier alpha value is -5.64. The van der Waals surface area contributed by atoms with Gasteiger partial charge in [-0.1, -0.05) is 121 Å². The van der Waals surface area contributed by atoms with Crippen molar-refractivity contribution in [3.8, 4) is 17.5 Å². The van der Waals surface area contributed by atoms with Crippen LogP contribution in [0.15, 0.2) is 145 Å². The fraction of sp³-hybridized carbons (Fsp3) is 0.150. The summed E-state index contributed by atoms with van der Waals surface area (Å²) < 4.78 is 12.8. The molecular formula is C40H37N3O5S. The molecule has 0 aliphatic rings. The molecule has 2 N–H and O–H groups in total. The molecule has 8 nitrogen and oxygen atoms in total. The zero-order valence-electron chi connectivity index (χ0n) is 27.1. The van der Waals surface area contributed by atoms with Crippen LogP contribution < -0.4 is 19.8 Å². The third kappa shape index (κ3) is 7.28. The summed E-state index contributed by atoms with van der Waals surface area (Å²) in [4.78, 5) is 24.0. The van der Waals surface area contributed by atoms with Gasteiger partial charge in [0, 0.05) is 24.2 Å². The molecule has 248 valence electrons. The van der Waals surface area contributed by atoms with Crippen LogP contribution in [0.1, 0.15) is 39.6 Å². The van der Waals surface area contributed by atoms with Gasteiger partial charge in [-0.15, -0.1) is 0 Å². The van der Waals surface area contributed by atoms with E-state index in [4.69, 9.17) is 14.3 Å². The highest BCUT2D eigenvalue weighted by Crippen LogP contribution is 2.43. The van der Waals surface area contributed by atoms with Crippen LogP contribution in [-0.4, -0.2) is 34.5 Å². The van der Waals surface area contributed by atoms with Gasteiger partial charge in [0.25, 0.3) is 0 Å². The first-order valence-corrected chi connectivity index (χ1v) is 16.8. The number of aromatic nitrogens is 2. The molecule has 2 heterocycles. The highest BCUT2D eigenvalue weighted by atomic mass is 32.1. The molecule has 4 aromatic carbocycles. The number of rotatable bonds is 15. The van der Waals surface area contributed by atoms with E-state index in [0.717, 1.165) is 39.2 Å². The molecule has 0 radical (unpaired) electrons. The molecular weight excluding hydrogens is 635 g/mol. The monoisotopic (exact) mass is 671 g/mol. The predicted molar refractivity (Wildman–Crippen MR) is 193 cm³/mol. The van der Waals surface area contributed by atoms with Gasteiger partial charge in [-0.05, 0) is 47.4 Å². The Balaban J connectivity index is 1.16. The molecule has 0 atom stereocenters. The third-order valence-electron chi connectivity index (χ3n) is 8.08. The number of nitrogens with zero attached hydrogens (tertiary/aromatic N) is 2. The van der Waals surface area contributed by atoms with E-state index in [0.29, 0.717) is 41.8 Å². The van der Waals surface area contributed by atoms with Crippen LogP contribution in [0.5, 0.6) is 17.5 Å². The summed E-state index contributed by atoms with van der Waals surface area (Å²) in [7, 11) is 0. The van der Waals surface area contributed by atoms with Gasteiger partial charge in [-0.2, -0.15) is 0 Å². The van der Waals surface area contributed by atoms with E-state index >= 15 is 0 Å². The maximum Gasteiger partial charge on any atom is 0.311 e. The molecule has 0 saturated carbocycles. The fourth-order valence-electron chi connectivity index (χ4n) is 5.82. The fourth-order valence-corrected chi connectivity index (χ4v) is 6.77. The van der Waals surface area contributed by atoms with E-state index in [9.17, 15) is 9.90 Å². The summed E-state index contributed by atoms with van der Waals surface area (Å²) in [6, 6.07) is 40.8. The number of aromatic hydroxyl groups is 1. The van der Waals surface area contributed by atoms with Crippen LogP contribution in [0, 0.1) is 0 Å². The zero-order valence-corrected chi connectivity index (χ0v) is 27.9. The van der Waals surface area contributed by atoms with Crippen molar-refractivity contribution in [2.24, 2.45) is 0 Å². The molecule has 0 amide bonds. The number of pyridine rings is 1. The molecule has 0 aliphatic heterocycles. The SMILES string of the molecule is C=C(NOCCOc1ccc(Cc2sc(=O)n(C(c3ccccc3)(c3ccccc3)c3ccccc3)c2O)cc1)c1ccc(OCC)nc1. The van der Waals surface area contributed by atoms with Crippen LogP contribution in [0.25, 0.3) is 5.70 Å². The molecule has 2 aromatic heterocycles. The number of hydrogen-bond acceptors (Lipinski definition) is 8. The van der Waals surface area contributed by atoms with Gasteiger partial charge in [0.15, 0.2) is 0 Å². The lowest BCUT2D eigenvalue weighted by molar-refractivity contribution is 0.0541. The van der Waals surface area contributed by atoms with E-state index in [1.807, 2.05) is 128 Å². The van der Waals surface area contributed by atoms with E-state index < -0.39 is 5.54 Å². The Morgan fingerprint density at radius 2 is 1.41 bits per heavy atom. The van der Waals surface area contributed by atoms with E-state index in [1.165, 1.54) is 0 Å². The zero-order chi connectivity index (χ0) is 34.1. The number of thiazole rings is 1. The minimum Gasteiger partial charge on any atom is -0.494 e. The maximum absolute atomic E-state index is 14.0. The van der Waals surface area contributed by atoms with Gasteiger partial charge < -0.3 is 14.6 Å². The summed E-state index contributed by atoms with van der Waals surface area (Å²) in [6.45, 7) is 7.04. The van der Waals surface area contributed by atoms with Crippen molar-refractivity contribution in [2.45, 2.75) is 18.9 Å². The number of hydroxylamine groups is 1. The van der Waals surface area contributed by atoms with Gasteiger partial charge in [0.2, 0.25) is 11.8 Å². The lowest BCUT2D eigenvalue weighted by Crippen LogP contribution is -2.42. The van der Waals surface area contributed by atoms with Crippen LogP contribution in [0.3, 0.4) is 0 Å². The minimum atomic E-state index is -1.09. The highest BCUT2D eigenvalue weighted by molar-refractivity contribution is 7.09. The molecule has 6 rings (SSSR count). The molecule has 0 unspecified atom stereocenters. The molecule has 0 fully saturated rings. The molecule has 9 heteroatoms. The van der Waals surface area contributed by atoms with Crippen molar-refractivity contribution in [3.05, 3.63) is 183 Å². The first kappa shape index (κ1) is 33.3. The Labute approximate surface area is 289 Å². The summed E-state index contributed by atoms with van der Waals surface area (Å²) >= 11 is 1.06. The predicted octanol–water partition coefficient (Wildman–Crippen LogP) is 7.41. The van der Waals surface area contributed by atoms with Gasteiger partial charge in [-0.25, -0.2) is 4.98 Å². The van der Waals surface area contributed by atoms with Gasteiger partial charge in [0.1, 0.15) is 24.5 Å². The smallest absolute Gasteiger partial charge is 0.311 e. The Kier molecular flexibility index (Phi) is 10.5. The molecule has 0 bridgehead atoms. The van der Waals surface area contributed by atoms with Gasteiger partial charge >= 0.3 is 4.87 Å². The Bertz CT molecular complexity index is 1910. The van der Waals surface area contributed by atoms with Crippen LogP contribution in [0.4, 0.5) is 0 Å². The second kappa shape index (κ2) is 15.5. The molecule has 0 spiro atoms. The first-order chi connectivity index (χ1) is 24.0. The molecule has 6 aromatic rings. The Morgan fingerprint density at radius 3 is 1.94 bits per heavy atom. The standard InChI is InChI=1S/C40H37N3O5S/c1-3-46-37-24-21-31(28-41-37)29(2)42-48-26-25-47-35-22-19-30(20-23-35)27-36-38(44)43(39(45)49-36)40(32-13-7-4-8-14-32,33-15-9-5-10-16-33)34-17-11-6-12-18-34/h4-24,28,42,44H,2-3,25-27H2,1H3. The number of benzene rings is 4. The maximum atomic E-state index is 14.0. The summed E-state index contributed by atoms with van der Waals surface area (Å²) in [6.07, 6.45) is 2.05. The van der Waals surface area contributed by atoms with Crippen molar-refractivity contribution < 1.29 is 19.4 Å². The largest absolute Gasteiger partial charge is 0.494 e. The lowest BCUT2D eigenvalue weighted by atomic mass is 9.76. The van der Waals surface area contributed by atoms with E-state index in [-0.39, 0.29) is 17.4 Å². The number of nitrogens with one attached hydrogen (secondary N) is 1. The summed E-state index contributed by atoms with van der Waals surface area (Å²) in [5.74, 6) is 1.17. The summed E-state index contributed by atoms with van der Waals surface area (Å²) in [5.41, 5.74) is 6.63. The van der Waals surface area contributed by atoms with E-state index in [1.54, 1.807) is 16.8 Å². The van der Waals surface area contributed by atoms with Crippen molar-refractivity contribution in [3.63, 3.8) is 0 Å². The van der Waals surface area contributed by atoms with Crippen LogP contribution in [0.2, 0.25) is 0 Å². The van der Waals surface area contributed by atoms with Crippen molar-refractivity contribution in [2.75, 3.05) is 19.8 Å². The second-order valence-electron chi connectivity index (χ2n) is 11.2. The van der Waals surface area contributed by atoms with E-state index in [2.05, 4.69) is 17.0 Å². The van der Waals surface area contributed by atoms with Gasteiger partial charge in [-0.3, -0.25) is 19.7 Å². The van der Waals surface area contributed by atoms with Crippen LogP contribution >= 0.6 is 11.3 Å². The van der Waals surface area contributed by atoms with Crippen molar-refractivity contribution in [1.29, 1.82) is 0 Å². The van der Waals surface area contributed by atoms with Crippen LogP contribution in [-0.2, 0) is 16.8 Å². The Morgan fingerprint density at radius 1 is 0.816 bits per heavy atom. The first-order valence-electron chi connectivity index (χ1n) is 16.0. The van der Waals surface area contributed by atoms with Gasteiger partial charge in [0.05, 0.1) is 17.2 Å². The summed E-state index contributed by atoms with van der Waals surface area (Å²) in [5, 5.41) is 11.9. The topological polar surface area (TPSA) is 94.8 Å². The molecule has 0 saturated heterocycles. The van der Waals surface area contributed by atoms with Crippen molar-refractivity contribution >= 4 is 17.0 Å². The minimum absolute atomic E-state index is 0.0564. The highest BCUT2D eigenvalue weighted by Gasteiger charge is 2.42. The number of hydrogen-bond donors (Lipinski definition) is 2.